The molecule has 2 N–H and O–H groups in total. The van der Waals surface area contributed by atoms with Gasteiger partial charge in [-0.3, -0.25) is 4.99 Å². The molecule has 2 aromatic rings. The Bertz CT molecular complexity index is 886. The molecule has 0 aliphatic carbocycles. The third kappa shape index (κ3) is 5.96. The van der Waals surface area contributed by atoms with Gasteiger partial charge in [0.05, 0.1) is 5.69 Å². The highest BCUT2D eigenvalue weighted by atomic mass is 127. The zero-order chi connectivity index (χ0) is 20.9. The molecule has 31 heavy (non-hydrogen) atoms. The SMILES string of the molecule is CN=C(NCc1ccc(N2CCCC2)nc1)NC1CCN(c2ccc(F)cc2F)C1.I. The Labute approximate surface area is 199 Å². The van der Waals surface area contributed by atoms with Crippen LogP contribution >= 0.6 is 24.0 Å². The summed E-state index contributed by atoms with van der Waals surface area (Å²) in [6.07, 6.45) is 5.23. The Kier molecular flexibility index (Phi) is 8.28. The van der Waals surface area contributed by atoms with Gasteiger partial charge in [-0.05, 0) is 43.0 Å². The summed E-state index contributed by atoms with van der Waals surface area (Å²) in [6.45, 7) is 4.13. The molecule has 1 aromatic carbocycles. The number of benzene rings is 1. The number of nitrogens with one attached hydrogen (secondary N) is 2. The van der Waals surface area contributed by atoms with E-state index in [0.717, 1.165) is 37.0 Å². The number of hydrogen-bond acceptors (Lipinski definition) is 4. The molecule has 1 aromatic heterocycles. The van der Waals surface area contributed by atoms with Gasteiger partial charge in [0.15, 0.2) is 5.96 Å². The molecule has 2 fully saturated rings. The van der Waals surface area contributed by atoms with Crippen molar-refractivity contribution in [3.63, 3.8) is 0 Å². The van der Waals surface area contributed by atoms with Crippen LogP contribution in [0.2, 0.25) is 0 Å². The van der Waals surface area contributed by atoms with E-state index >= 15 is 0 Å². The first-order valence-electron chi connectivity index (χ1n) is 10.5. The van der Waals surface area contributed by atoms with Crippen LogP contribution in [-0.4, -0.2) is 50.2 Å². The lowest BCUT2D eigenvalue weighted by atomic mass is 10.2. The van der Waals surface area contributed by atoms with E-state index in [0.29, 0.717) is 31.3 Å². The first-order valence-corrected chi connectivity index (χ1v) is 10.5. The fourth-order valence-corrected chi connectivity index (χ4v) is 4.06. The maximum Gasteiger partial charge on any atom is 0.191 e. The molecule has 0 amide bonds. The van der Waals surface area contributed by atoms with Gasteiger partial charge in [0, 0.05) is 58.1 Å². The minimum absolute atomic E-state index is 0. The standard InChI is InChI=1S/C22H28F2N6.HI/c1-25-22(27-14-16-4-7-21(26-13-16)29-9-2-3-10-29)28-18-8-11-30(15-18)20-6-5-17(23)12-19(20)24;/h4-7,12-13,18H,2-3,8-11,14-15H2,1H3,(H2,25,27,28);1H. The summed E-state index contributed by atoms with van der Waals surface area (Å²) >= 11 is 0. The molecular formula is C22H29F2IN6. The largest absolute Gasteiger partial charge is 0.367 e. The van der Waals surface area contributed by atoms with Gasteiger partial charge in [-0.25, -0.2) is 13.8 Å². The molecule has 0 saturated carbocycles. The van der Waals surface area contributed by atoms with Crippen molar-refractivity contribution >= 4 is 41.4 Å². The van der Waals surface area contributed by atoms with Crippen LogP contribution < -0.4 is 20.4 Å². The molecule has 9 heteroatoms. The number of halogens is 3. The fourth-order valence-electron chi connectivity index (χ4n) is 4.06. The van der Waals surface area contributed by atoms with Gasteiger partial charge in [-0.1, -0.05) is 6.07 Å². The predicted molar refractivity (Wildman–Crippen MR) is 131 cm³/mol. The molecule has 2 saturated heterocycles. The molecule has 6 nitrogen and oxygen atoms in total. The number of nitrogens with zero attached hydrogens (tertiary/aromatic N) is 4. The van der Waals surface area contributed by atoms with Crippen molar-refractivity contribution in [2.24, 2.45) is 4.99 Å². The van der Waals surface area contributed by atoms with E-state index in [4.69, 9.17) is 0 Å². The number of anilines is 2. The molecule has 2 aliphatic heterocycles. The zero-order valence-corrected chi connectivity index (χ0v) is 20.0. The quantitative estimate of drug-likeness (QED) is 0.344. The number of aromatic nitrogens is 1. The topological polar surface area (TPSA) is 55.8 Å². The summed E-state index contributed by atoms with van der Waals surface area (Å²) in [5.74, 6) is 0.656. The van der Waals surface area contributed by atoms with Crippen LogP contribution in [0.4, 0.5) is 20.3 Å². The van der Waals surface area contributed by atoms with E-state index < -0.39 is 11.6 Å². The van der Waals surface area contributed by atoms with Crippen molar-refractivity contribution in [3.05, 3.63) is 53.7 Å². The van der Waals surface area contributed by atoms with Crippen molar-refractivity contribution in [2.75, 3.05) is 43.0 Å². The lowest BCUT2D eigenvalue weighted by Crippen LogP contribution is -2.44. The maximum atomic E-state index is 14.0. The Morgan fingerprint density at radius 1 is 1.13 bits per heavy atom. The van der Waals surface area contributed by atoms with Crippen LogP contribution in [0.15, 0.2) is 41.5 Å². The first-order chi connectivity index (χ1) is 14.6. The van der Waals surface area contributed by atoms with Crippen LogP contribution in [0, 0.1) is 11.6 Å². The molecule has 3 heterocycles. The summed E-state index contributed by atoms with van der Waals surface area (Å²) in [5, 5.41) is 6.71. The molecule has 1 atom stereocenters. The van der Waals surface area contributed by atoms with Crippen LogP contribution in [-0.2, 0) is 6.54 Å². The summed E-state index contributed by atoms with van der Waals surface area (Å²) in [4.78, 5) is 13.1. The highest BCUT2D eigenvalue weighted by Gasteiger charge is 2.25. The van der Waals surface area contributed by atoms with E-state index in [9.17, 15) is 8.78 Å². The zero-order valence-electron chi connectivity index (χ0n) is 17.7. The second kappa shape index (κ2) is 10.9. The highest BCUT2D eigenvalue weighted by Crippen LogP contribution is 2.24. The average Bonchev–Trinajstić information content (AvgIpc) is 3.44. The van der Waals surface area contributed by atoms with Crippen LogP contribution in [0.5, 0.6) is 0 Å². The van der Waals surface area contributed by atoms with E-state index in [1.165, 1.54) is 25.0 Å². The third-order valence-corrected chi connectivity index (χ3v) is 5.70. The maximum absolute atomic E-state index is 14.0. The van der Waals surface area contributed by atoms with Crippen LogP contribution in [0.3, 0.4) is 0 Å². The van der Waals surface area contributed by atoms with E-state index in [1.54, 1.807) is 7.05 Å². The summed E-state index contributed by atoms with van der Waals surface area (Å²) in [5.41, 5.74) is 1.52. The minimum Gasteiger partial charge on any atom is -0.367 e. The molecule has 0 spiro atoms. The van der Waals surface area contributed by atoms with E-state index in [-0.39, 0.29) is 30.0 Å². The predicted octanol–water partition coefficient (Wildman–Crippen LogP) is 3.52. The lowest BCUT2D eigenvalue weighted by Gasteiger charge is -2.21. The number of pyridine rings is 1. The number of hydrogen-bond donors (Lipinski definition) is 2. The highest BCUT2D eigenvalue weighted by molar-refractivity contribution is 14.0. The third-order valence-electron chi connectivity index (χ3n) is 5.70. The van der Waals surface area contributed by atoms with Gasteiger partial charge in [-0.2, -0.15) is 0 Å². The Balaban J connectivity index is 0.00000272. The monoisotopic (exact) mass is 542 g/mol. The van der Waals surface area contributed by atoms with E-state index in [1.807, 2.05) is 11.1 Å². The van der Waals surface area contributed by atoms with Crippen molar-refractivity contribution in [2.45, 2.75) is 31.8 Å². The number of rotatable bonds is 5. The van der Waals surface area contributed by atoms with Crippen molar-refractivity contribution in [1.82, 2.24) is 15.6 Å². The molecule has 2 aliphatic rings. The number of guanidine groups is 1. The van der Waals surface area contributed by atoms with Crippen LogP contribution in [0.25, 0.3) is 0 Å². The molecule has 1 unspecified atom stereocenters. The fraction of sp³-hybridized carbons (Fsp3) is 0.455. The molecule has 0 bridgehead atoms. The second-order valence-electron chi connectivity index (χ2n) is 7.82. The van der Waals surface area contributed by atoms with Crippen LogP contribution in [0.1, 0.15) is 24.8 Å². The smallest absolute Gasteiger partial charge is 0.191 e. The van der Waals surface area contributed by atoms with Gasteiger partial charge >= 0.3 is 0 Å². The summed E-state index contributed by atoms with van der Waals surface area (Å²) in [7, 11) is 1.73. The van der Waals surface area contributed by atoms with Gasteiger partial charge in [0.1, 0.15) is 17.5 Å². The molecule has 0 radical (unpaired) electrons. The first kappa shape index (κ1) is 23.5. The summed E-state index contributed by atoms with van der Waals surface area (Å²) in [6, 6.07) is 8.03. The summed E-state index contributed by atoms with van der Waals surface area (Å²) < 4.78 is 27.2. The molecule has 4 rings (SSSR count). The second-order valence-corrected chi connectivity index (χ2v) is 7.82. The van der Waals surface area contributed by atoms with Crippen molar-refractivity contribution < 1.29 is 8.78 Å². The molecule has 168 valence electrons. The minimum atomic E-state index is -0.558. The number of aliphatic imine (C=N–C) groups is 1. The molecular weight excluding hydrogens is 513 g/mol. The van der Waals surface area contributed by atoms with Crippen molar-refractivity contribution in [1.29, 1.82) is 0 Å². The van der Waals surface area contributed by atoms with Gasteiger partial charge in [0.2, 0.25) is 0 Å². The Morgan fingerprint density at radius 3 is 2.61 bits per heavy atom. The Hall–Kier alpha value is -2.17. The van der Waals surface area contributed by atoms with Gasteiger partial charge in [-0.15, -0.1) is 24.0 Å². The average molecular weight is 542 g/mol. The Morgan fingerprint density at radius 2 is 1.94 bits per heavy atom. The normalized spacial score (nSPS) is 18.8. The van der Waals surface area contributed by atoms with Gasteiger partial charge < -0.3 is 20.4 Å². The lowest BCUT2D eigenvalue weighted by molar-refractivity contribution is 0.580. The van der Waals surface area contributed by atoms with Crippen molar-refractivity contribution in [3.8, 4) is 0 Å². The van der Waals surface area contributed by atoms with E-state index in [2.05, 4.69) is 37.6 Å². The van der Waals surface area contributed by atoms with Gasteiger partial charge in [0.25, 0.3) is 0 Å².